The van der Waals surface area contributed by atoms with E-state index in [0.29, 0.717) is 6.04 Å². The van der Waals surface area contributed by atoms with E-state index in [1.165, 1.54) is 12.0 Å². The number of hydrogen-bond acceptors (Lipinski definition) is 1. The summed E-state index contributed by atoms with van der Waals surface area (Å²) in [7, 11) is 0. The van der Waals surface area contributed by atoms with Gasteiger partial charge in [0.1, 0.15) is 0 Å². The van der Waals surface area contributed by atoms with Crippen LogP contribution in [0.3, 0.4) is 0 Å². The molecule has 1 heteroatoms. The molecule has 0 fully saturated rings. The van der Waals surface area contributed by atoms with Gasteiger partial charge in [0.25, 0.3) is 0 Å². The van der Waals surface area contributed by atoms with Crippen molar-refractivity contribution in [1.82, 2.24) is 4.90 Å². The van der Waals surface area contributed by atoms with E-state index in [1.807, 2.05) is 0 Å². The van der Waals surface area contributed by atoms with E-state index >= 15 is 0 Å². The number of benzene rings is 1. The summed E-state index contributed by atoms with van der Waals surface area (Å²) in [6.45, 7) is 5.52. The lowest BCUT2D eigenvalue weighted by atomic mass is 9.97. The van der Waals surface area contributed by atoms with Crippen molar-refractivity contribution in [1.29, 1.82) is 0 Å². The van der Waals surface area contributed by atoms with E-state index in [1.54, 1.807) is 5.57 Å². The van der Waals surface area contributed by atoms with Crippen LogP contribution in [-0.4, -0.2) is 10.9 Å². The second-order valence-electron chi connectivity index (χ2n) is 4.52. The van der Waals surface area contributed by atoms with Gasteiger partial charge in [0.15, 0.2) is 0 Å². The van der Waals surface area contributed by atoms with Gasteiger partial charge >= 0.3 is 0 Å². The van der Waals surface area contributed by atoms with Gasteiger partial charge in [0.05, 0.1) is 6.04 Å². The van der Waals surface area contributed by atoms with Crippen LogP contribution >= 0.6 is 0 Å². The molecule has 1 aromatic carbocycles. The van der Waals surface area contributed by atoms with Crippen LogP contribution in [0, 0.1) is 0 Å². The van der Waals surface area contributed by atoms with Gasteiger partial charge in [0.2, 0.25) is 0 Å². The first-order valence-electron chi connectivity index (χ1n) is 6.52. The van der Waals surface area contributed by atoms with Crippen LogP contribution in [0.4, 0.5) is 0 Å². The maximum absolute atomic E-state index is 2.45. The SMILES string of the molecule is CCC1=CC=CN(Cc2ccccc2)C1CC. The van der Waals surface area contributed by atoms with Gasteiger partial charge in [-0.3, -0.25) is 0 Å². The Morgan fingerprint density at radius 3 is 2.53 bits per heavy atom. The monoisotopic (exact) mass is 227 g/mol. The van der Waals surface area contributed by atoms with Crippen LogP contribution < -0.4 is 0 Å². The van der Waals surface area contributed by atoms with E-state index in [9.17, 15) is 0 Å². The Kier molecular flexibility index (Phi) is 4.03. The van der Waals surface area contributed by atoms with Crippen molar-refractivity contribution < 1.29 is 0 Å². The van der Waals surface area contributed by atoms with Crippen molar-refractivity contribution >= 4 is 0 Å². The molecule has 0 saturated heterocycles. The van der Waals surface area contributed by atoms with Gasteiger partial charge < -0.3 is 4.90 Å². The van der Waals surface area contributed by atoms with E-state index < -0.39 is 0 Å². The third-order valence-electron chi connectivity index (χ3n) is 3.42. The van der Waals surface area contributed by atoms with Crippen molar-refractivity contribution in [2.45, 2.75) is 39.3 Å². The minimum Gasteiger partial charge on any atom is -0.366 e. The molecule has 0 spiro atoms. The van der Waals surface area contributed by atoms with Crippen molar-refractivity contribution in [3.8, 4) is 0 Å². The average molecular weight is 227 g/mol. The summed E-state index contributed by atoms with van der Waals surface area (Å²) in [5, 5.41) is 0. The highest BCUT2D eigenvalue weighted by Crippen LogP contribution is 2.23. The molecule has 1 unspecified atom stereocenters. The molecular formula is C16H21N. The predicted octanol–water partition coefficient (Wildman–Crippen LogP) is 4.13. The fraction of sp³-hybridized carbons (Fsp3) is 0.375. The van der Waals surface area contributed by atoms with Crippen molar-refractivity contribution in [2.24, 2.45) is 0 Å². The normalized spacial score (nSPS) is 19.3. The van der Waals surface area contributed by atoms with Crippen LogP contribution in [0.2, 0.25) is 0 Å². The molecule has 1 nitrogen and oxygen atoms in total. The van der Waals surface area contributed by atoms with Crippen LogP contribution in [0.25, 0.3) is 0 Å². The summed E-state index contributed by atoms with van der Waals surface area (Å²) in [4.78, 5) is 2.45. The molecule has 1 heterocycles. The maximum Gasteiger partial charge on any atom is 0.0500 e. The summed E-state index contributed by atoms with van der Waals surface area (Å²) in [5.74, 6) is 0. The first-order valence-corrected chi connectivity index (χ1v) is 6.52. The Labute approximate surface area is 104 Å². The minimum absolute atomic E-state index is 0.574. The Morgan fingerprint density at radius 2 is 1.88 bits per heavy atom. The summed E-state index contributed by atoms with van der Waals surface area (Å²) in [5.41, 5.74) is 2.93. The van der Waals surface area contributed by atoms with Crippen LogP contribution in [0.5, 0.6) is 0 Å². The largest absolute Gasteiger partial charge is 0.366 e. The Morgan fingerprint density at radius 1 is 1.12 bits per heavy atom. The molecule has 0 aromatic heterocycles. The van der Waals surface area contributed by atoms with Crippen LogP contribution in [0.1, 0.15) is 32.3 Å². The molecule has 2 rings (SSSR count). The lowest BCUT2D eigenvalue weighted by Crippen LogP contribution is -2.33. The second kappa shape index (κ2) is 5.72. The third-order valence-corrected chi connectivity index (χ3v) is 3.42. The van der Waals surface area contributed by atoms with Gasteiger partial charge in [0, 0.05) is 6.54 Å². The highest BCUT2D eigenvalue weighted by atomic mass is 15.1. The Bertz CT molecular complexity index is 403. The number of rotatable bonds is 4. The van der Waals surface area contributed by atoms with Gasteiger partial charge in [-0.25, -0.2) is 0 Å². The predicted molar refractivity (Wildman–Crippen MR) is 73.6 cm³/mol. The smallest absolute Gasteiger partial charge is 0.0500 e. The molecule has 1 aromatic rings. The molecular weight excluding hydrogens is 206 g/mol. The molecule has 17 heavy (non-hydrogen) atoms. The molecule has 1 aliphatic rings. The minimum atomic E-state index is 0.574. The molecule has 0 bridgehead atoms. The molecule has 1 atom stereocenters. The highest BCUT2D eigenvalue weighted by molar-refractivity contribution is 5.24. The first kappa shape index (κ1) is 12.0. The zero-order valence-corrected chi connectivity index (χ0v) is 10.8. The zero-order valence-electron chi connectivity index (χ0n) is 10.8. The van der Waals surface area contributed by atoms with E-state index in [2.05, 4.69) is 67.4 Å². The lowest BCUT2D eigenvalue weighted by molar-refractivity contribution is 0.285. The van der Waals surface area contributed by atoms with Crippen molar-refractivity contribution in [3.63, 3.8) is 0 Å². The molecule has 90 valence electrons. The first-order chi connectivity index (χ1) is 8.35. The van der Waals surface area contributed by atoms with E-state index in [-0.39, 0.29) is 0 Å². The van der Waals surface area contributed by atoms with Gasteiger partial charge in [-0.15, -0.1) is 0 Å². The average Bonchev–Trinajstić information content (AvgIpc) is 2.39. The van der Waals surface area contributed by atoms with Crippen molar-refractivity contribution in [2.75, 3.05) is 0 Å². The Hall–Kier alpha value is -1.50. The van der Waals surface area contributed by atoms with Gasteiger partial charge in [-0.2, -0.15) is 0 Å². The summed E-state index contributed by atoms with van der Waals surface area (Å²) >= 11 is 0. The second-order valence-corrected chi connectivity index (χ2v) is 4.52. The maximum atomic E-state index is 2.45. The van der Waals surface area contributed by atoms with Gasteiger partial charge in [-0.05, 0) is 36.3 Å². The number of hydrogen-bond donors (Lipinski definition) is 0. The topological polar surface area (TPSA) is 3.24 Å². The number of allylic oxidation sites excluding steroid dienone is 2. The number of nitrogens with zero attached hydrogens (tertiary/aromatic N) is 1. The fourth-order valence-corrected chi connectivity index (χ4v) is 2.51. The van der Waals surface area contributed by atoms with E-state index in [0.717, 1.165) is 13.0 Å². The standard InChI is InChI=1S/C16H21N/c1-3-15-11-8-12-17(16(15)4-2)13-14-9-6-5-7-10-14/h5-12,16H,3-4,13H2,1-2H3. The van der Waals surface area contributed by atoms with Crippen LogP contribution in [0.15, 0.2) is 54.3 Å². The van der Waals surface area contributed by atoms with Crippen LogP contribution in [-0.2, 0) is 6.54 Å². The molecule has 1 aliphatic heterocycles. The quantitative estimate of drug-likeness (QED) is 0.747. The van der Waals surface area contributed by atoms with E-state index in [4.69, 9.17) is 0 Å². The summed E-state index contributed by atoms with van der Waals surface area (Å²) in [6, 6.07) is 11.3. The summed E-state index contributed by atoms with van der Waals surface area (Å²) in [6.07, 6.45) is 8.99. The Balaban J connectivity index is 2.11. The third kappa shape index (κ3) is 2.79. The molecule has 0 radical (unpaired) electrons. The lowest BCUT2D eigenvalue weighted by Gasteiger charge is -2.34. The summed E-state index contributed by atoms with van der Waals surface area (Å²) < 4.78 is 0. The fourth-order valence-electron chi connectivity index (χ4n) is 2.51. The molecule has 0 saturated carbocycles. The van der Waals surface area contributed by atoms with Gasteiger partial charge in [-0.1, -0.05) is 50.3 Å². The highest BCUT2D eigenvalue weighted by Gasteiger charge is 2.19. The molecule has 0 amide bonds. The zero-order chi connectivity index (χ0) is 12.1. The van der Waals surface area contributed by atoms with Crippen molar-refractivity contribution in [3.05, 3.63) is 59.8 Å². The molecule has 0 aliphatic carbocycles. The molecule has 0 N–H and O–H groups in total.